The van der Waals surface area contributed by atoms with E-state index < -0.39 is 28.0 Å². The molecule has 29 heavy (non-hydrogen) atoms. The Hall–Kier alpha value is -2.52. The molecule has 2 aromatic rings. The molecule has 2 heterocycles. The number of aromatic nitrogens is 2. The first-order valence-corrected chi connectivity index (χ1v) is 11.0. The smallest absolute Gasteiger partial charge is 0.315 e. The average molecular weight is 419 g/mol. The fraction of sp³-hybridized carbons (Fsp3) is 0.450. The summed E-state index contributed by atoms with van der Waals surface area (Å²) in [5.41, 5.74) is -0.819. The monoisotopic (exact) mass is 418 g/mol. The van der Waals surface area contributed by atoms with Gasteiger partial charge in [0.15, 0.2) is 5.69 Å². The molecule has 1 amide bonds. The first-order valence-electron chi connectivity index (χ1n) is 9.66. The molecule has 1 aromatic carbocycles. The Kier molecular flexibility index (Phi) is 6.81. The van der Waals surface area contributed by atoms with Crippen LogP contribution in [0.3, 0.4) is 0 Å². The van der Waals surface area contributed by atoms with Crippen LogP contribution in [-0.2, 0) is 23.9 Å². The zero-order valence-electron chi connectivity index (χ0n) is 16.7. The second-order valence-electron chi connectivity index (χ2n) is 7.07. The zero-order chi connectivity index (χ0) is 21.0. The van der Waals surface area contributed by atoms with E-state index in [0.717, 1.165) is 13.0 Å². The second-order valence-corrected chi connectivity index (χ2v) is 8.65. The van der Waals surface area contributed by atoms with Crippen LogP contribution >= 0.6 is 0 Å². The molecule has 0 saturated carbocycles. The van der Waals surface area contributed by atoms with Crippen LogP contribution < -0.4 is 5.56 Å². The van der Waals surface area contributed by atoms with Gasteiger partial charge < -0.3 is 14.6 Å². The average Bonchev–Trinajstić information content (AvgIpc) is 2.71. The zero-order valence-corrected chi connectivity index (χ0v) is 17.5. The van der Waals surface area contributed by atoms with Crippen LogP contribution in [0.5, 0.6) is 5.75 Å². The molecule has 0 fully saturated rings. The minimum atomic E-state index is -1.23. The summed E-state index contributed by atoms with van der Waals surface area (Å²) in [5.74, 6) is -0.291. The lowest BCUT2D eigenvalue weighted by atomic mass is 10.2. The molecule has 0 radical (unpaired) electrons. The van der Waals surface area contributed by atoms with Gasteiger partial charge in [0.1, 0.15) is 5.82 Å². The third-order valence-electron chi connectivity index (χ3n) is 4.89. The normalized spacial score (nSPS) is 14.9. The van der Waals surface area contributed by atoms with Gasteiger partial charge in [0.25, 0.3) is 5.91 Å². The Morgan fingerprint density at radius 1 is 1.21 bits per heavy atom. The van der Waals surface area contributed by atoms with Gasteiger partial charge in [-0.05, 0) is 32.1 Å². The predicted molar refractivity (Wildman–Crippen MR) is 110 cm³/mol. The van der Waals surface area contributed by atoms with Gasteiger partial charge in [-0.3, -0.25) is 18.7 Å². The first kappa shape index (κ1) is 21.2. The summed E-state index contributed by atoms with van der Waals surface area (Å²) < 4.78 is 14.1. The van der Waals surface area contributed by atoms with Crippen LogP contribution in [0.25, 0.3) is 0 Å². The molecule has 8 nitrogen and oxygen atoms in total. The highest BCUT2D eigenvalue weighted by atomic mass is 32.2. The molecular formula is C20H26N4O4S. The second kappa shape index (κ2) is 9.32. The number of carbonyl (C=O) groups excluding carboxylic acids is 1. The molecule has 0 aliphatic carbocycles. The van der Waals surface area contributed by atoms with Crippen LogP contribution in [0.15, 0.2) is 40.0 Å². The fourth-order valence-corrected chi connectivity index (χ4v) is 4.52. The van der Waals surface area contributed by atoms with Crippen molar-refractivity contribution in [3.05, 3.63) is 52.2 Å². The number of carbonyl (C=O) groups is 1. The number of hydrogen-bond donors (Lipinski definition) is 1. The predicted octanol–water partition coefficient (Wildman–Crippen LogP) is 1.05. The molecular weight excluding hydrogens is 392 g/mol. The molecule has 0 saturated heterocycles. The van der Waals surface area contributed by atoms with Crippen molar-refractivity contribution in [2.24, 2.45) is 0 Å². The van der Waals surface area contributed by atoms with E-state index in [1.807, 2.05) is 30.1 Å². The van der Waals surface area contributed by atoms with E-state index in [1.54, 1.807) is 16.7 Å². The summed E-state index contributed by atoms with van der Waals surface area (Å²) in [6.07, 6.45) is 0.955. The van der Waals surface area contributed by atoms with Crippen LogP contribution in [0.4, 0.5) is 0 Å². The van der Waals surface area contributed by atoms with E-state index in [1.165, 1.54) is 4.90 Å². The highest BCUT2D eigenvalue weighted by Crippen LogP contribution is 2.21. The van der Waals surface area contributed by atoms with Gasteiger partial charge in [-0.2, -0.15) is 4.98 Å². The molecule has 1 aliphatic heterocycles. The number of rotatable bonds is 8. The number of benzene rings is 1. The van der Waals surface area contributed by atoms with Gasteiger partial charge >= 0.3 is 5.56 Å². The quantitative estimate of drug-likeness (QED) is 0.689. The van der Waals surface area contributed by atoms with E-state index in [0.29, 0.717) is 30.4 Å². The molecule has 1 N–H and O–H groups in total. The standard InChI is InChI=1S/C20H26N4O4S/c1-3-9-22(2)14-16-21-19(26)18(25)17-20(27)23(10-11-24(16)17)12-13-29(28)15-7-5-4-6-8-15/h4-8,25H,3,9-14H2,1-2H3. The van der Waals surface area contributed by atoms with Gasteiger partial charge in [-0.15, -0.1) is 0 Å². The largest absolute Gasteiger partial charge is 0.501 e. The van der Waals surface area contributed by atoms with Crippen molar-refractivity contribution in [3.8, 4) is 5.75 Å². The van der Waals surface area contributed by atoms with E-state index >= 15 is 0 Å². The minimum Gasteiger partial charge on any atom is -0.501 e. The number of hydrogen-bond acceptors (Lipinski definition) is 6. The summed E-state index contributed by atoms with van der Waals surface area (Å²) >= 11 is 0. The van der Waals surface area contributed by atoms with Gasteiger partial charge in [-0.1, -0.05) is 25.1 Å². The third kappa shape index (κ3) is 4.73. The molecule has 3 rings (SSSR count). The summed E-state index contributed by atoms with van der Waals surface area (Å²) in [4.78, 5) is 33.4. The maximum atomic E-state index is 13.0. The number of nitrogens with zero attached hydrogens (tertiary/aromatic N) is 4. The van der Waals surface area contributed by atoms with Crippen molar-refractivity contribution in [1.29, 1.82) is 0 Å². The molecule has 0 spiro atoms. The van der Waals surface area contributed by atoms with Crippen molar-refractivity contribution in [1.82, 2.24) is 19.4 Å². The highest BCUT2D eigenvalue weighted by Gasteiger charge is 2.31. The van der Waals surface area contributed by atoms with Gasteiger partial charge in [0.2, 0.25) is 5.75 Å². The number of aromatic hydroxyl groups is 1. The maximum Gasteiger partial charge on any atom is 0.315 e. The molecule has 1 unspecified atom stereocenters. The molecule has 1 aliphatic rings. The van der Waals surface area contributed by atoms with Crippen molar-refractivity contribution >= 4 is 16.7 Å². The number of fused-ring (bicyclic) bond motifs is 1. The SMILES string of the molecule is CCCN(C)Cc1nc(=O)c(O)c2n1CCN(CCS(=O)c1ccccc1)C2=O. The van der Waals surface area contributed by atoms with E-state index in [4.69, 9.17) is 0 Å². The lowest BCUT2D eigenvalue weighted by Gasteiger charge is -2.31. The maximum absolute atomic E-state index is 13.0. The van der Waals surface area contributed by atoms with Crippen molar-refractivity contribution < 1.29 is 14.1 Å². The highest BCUT2D eigenvalue weighted by molar-refractivity contribution is 7.85. The Balaban J connectivity index is 1.79. The summed E-state index contributed by atoms with van der Waals surface area (Å²) in [7, 11) is 0.696. The van der Waals surface area contributed by atoms with Crippen molar-refractivity contribution in [2.75, 3.05) is 32.4 Å². The van der Waals surface area contributed by atoms with Gasteiger partial charge in [-0.25, -0.2) is 0 Å². The molecule has 1 aromatic heterocycles. The lowest BCUT2D eigenvalue weighted by Crippen LogP contribution is -2.45. The Morgan fingerprint density at radius 3 is 2.62 bits per heavy atom. The van der Waals surface area contributed by atoms with E-state index in [2.05, 4.69) is 11.9 Å². The Labute approximate surface area is 172 Å². The number of amides is 1. The van der Waals surface area contributed by atoms with Crippen LogP contribution in [0.1, 0.15) is 29.7 Å². The molecule has 156 valence electrons. The van der Waals surface area contributed by atoms with Crippen LogP contribution in [0.2, 0.25) is 0 Å². The third-order valence-corrected chi connectivity index (χ3v) is 6.24. The van der Waals surface area contributed by atoms with Gasteiger partial charge in [0.05, 0.1) is 17.3 Å². The summed E-state index contributed by atoms with van der Waals surface area (Å²) in [5, 5.41) is 10.2. The molecule has 1 atom stereocenters. The van der Waals surface area contributed by atoms with Crippen LogP contribution in [0, 0.1) is 0 Å². The summed E-state index contributed by atoms with van der Waals surface area (Å²) in [6, 6.07) is 9.09. The minimum absolute atomic E-state index is 0.0263. The van der Waals surface area contributed by atoms with Crippen LogP contribution in [-0.4, -0.2) is 67.0 Å². The Bertz CT molecular complexity index is 961. The molecule has 9 heteroatoms. The topological polar surface area (TPSA) is 95.7 Å². The summed E-state index contributed by atoms with van der Waals surface area (Å²) in [6.45, 7) is 4.42. The van der Waals surface area contributed by atoms with E-state index in [9.17, 15) is 18.9 Å². The van der Waals surface area contributed by atoms with Crippen molar-refractivity contribution in [3.63, 3.8) is 0 Å². The Morgan fingerprint density at radius 2 is 1.93 bits per heavy atom. The van der Waals surface area contributed by atoms with Gasteiger partial charge in [0, 0.05) is 30.3 Å². The van der Waals surface area contributed by atoms with E-state index in [-0.39, 0.29) is 18.0 Å². The fourth-order valence-electron chi connectivity index (χ4n) is 3.44. The lowest BCUT2D eigenvalue weighted by molar-refractivity contribution is 0.0703. The molecule has 0 bridgehead atoms. The van der Waals surface area contributed by atoms with Crippen molar-refractivity contribution in [2.45, 2.75) is 31.3 Å². The first-order chi connectivity index (χ1) is 13.9.